The number of nitrogens with zero attached hydrogens (tertiary/aromatic N) is 2. The van der Waals surface area contributed by atoms with Gasteiger partial charge in [0, 0.05) is 18.1 Å². The van der Waals surface area contributed by atoms with Crippen molar-refractivity contribution in [1.82, 2.24) is 26.1 Å². The van der Waals surface area contributed by atoms with Crippen molar-refractivity contribution in [1.29, 1.82) is 0 Å². The molecule has 2 aliphatic heterocycles. The van der Waals surface area contributed by atoms with Crippen molar-refractivity contribution < 1.29 is 23.9 Å². The average molecular weight is 536 g/mol. The number of fused-ring (bicyclic) bond motifs is 4. The Hall–Kier alpha value is -3.79. The number of benzene rings is 1. The molecular formula is C29H37N5O5. The second-order valence-electron chi connectivity index (χ2n) is 10.8. The molecule has 0 unspecified atom stereocenters. The fraction of sp³-hybridized carbons (Fsp3) is 0.483. The van der Waals surface area contributed by atoms with E-state index in [1.54, 1.807) is 46.0 Å². The van der Waals surface area contributed by atoms with Gasteiger partial charge in [0.25, 0.3) is 5.91 Å². The lowest BCUT2D eigenvalue weighted by atomic mass is 9.90. The quantitative estimate of drug-likeness (QED) is 0.479. The van der Waals surface area contributed by atoms with Crippen LogP contribution in [-0.2, 0) is 23.9 Å². The van der Waals surface area contributed by atoms with Crippen LogP contribution in [0.4, 0.5) is 0 Å². The maximum Gasteiger partial charge on any atom is 0.325 e. The van der Waals surface area contributed by atoms with Gasteiger partial charge in [-0.25, -0.2) is 5.43 Å². The summed E-state index contributed by atoms with van der Waals surface area (Å²) in [5.41, 5.74) is 3.54. The number of rotatable bonds is 1. The number of cyclic esters (lactones) is 1. The van der Waals surface area contributed by atoms with Gasteiger partial charge in [-0.2, -0.15) is 0 Å². The zero-order chi connectivity index (χ0) is 28.3. The summed E-state index contributed by atoms with van der Waals surface area (Å²) in [6, 6.07) is 5.34. The number of esters is 1. The molecule has 10 nitrogen and oxygen atoms in total. The van der Waals surface area contributed by atoms with E-state index < -0.39 is 41.5 Å². The standard InChI is InChI=1S/C29H37N5O5/c1-6-23-25(35)31-17(2)26(36)34-13-7-8-24(33-34)27(37)39-18(3)19-9-10-20-16-30-22(15-21(20)14-19)11-12-29(4,5)28(38)32-23/h9-12,14-18,23-24,33H,6-8,13H2,1-5H3,(H,31,35)(H,32,38)/b12-11+/t17-,18+,23-,24-/m0/s1. The highest BCUT2D eigenvalue weighted by molar-refractivity contribution is 5.94. The normalized spacial score (nSPS) is 27.5. The van der Waals surface area contributed by atoms with E-state index in [-0.39, 0.29) is 11.8 Å². The van der Waals surface area contributed by atoms with Crippen LogP contribution >= 0.6 is 0 Å². The van der Waals surface area contributed by atoms with Crippen LogP contribution in [0.1, 0.15) is 71.2 Å². The van der Waals surface area contributed by atoms with E-state index >= 15 is 0 Å². The Morgan fingerprint density at radius 2 is 1.85 bits per heavy atom. The molecule has 2 aromatic rings. The van der Waals surface area contributed by atoms with Gasteiger partial charge in [-0.3, -0.25) is 29.2 Å². The lowest BCUT2D eigenvalue weighted by molar-refractivity contribution is -0.157. The Labute approximate surface area is 228 Å². The van der Waals surface area contributed by atoms with Crippen LogP contribution in [-0.4, -0.2) is 58.4 Å². The molecule has 4 rings (SSSR count). The number of nitrogens with one attached hydrogen (secondary N) is 3. The Balaban J connectivity index is 1.69. The second kappa shape index (κ2) is 11.5. The van der Waals surface area contributed by atoms with Gasteiger partial charge in [0.2, 0.25) is 11.8 Å². The van der Waals surface area contributed by atoms with E-state index in [4.69, 9.17) is 4.74 Å². The third-order valence-corrected chi connectivity index (χ3v) is 7.28. The number of pyridine rings is 1. The first-order chi connectivity index (χ1) is 18.5. The van der Waals surface area contributed by atoms with Gasteiger partial charge in [0.1, 0.15) is 24.2 Å². The summed E-state index contributed by atoms with van der Waals surface area (Å²) in [7, 11) is 0. The van der Waals surface area contributed by atoms with Crippen LogP contribution in [0.3, 0.4) is 0 Å². The largest absolute Gasteiger partial charge is 0.457 e. The second-order valence-corrected chi connectivity index (χ2v) is 10.8. The molecule has 0 spiro atoms. The summed E-state index contributed by atoms with van der Waals surface area (Å²) in [6.07, 6.45) is 6.25. The third kappa shape index (κ3) is 6.44. The summed E-state index contributed by atoms with van der Waals surface area (Å²) >= 11 is 0. The number of hydrogen-bond donors (Lipinski definition) is 3. The van der Waals surface area contributed by atoms with E-state index in [9.17, 15) is 19.2 Å². The van der Waals surface area contributed by atoms with Gasteiger partial charge in [-0.15, -0.1) is 0 Å². The summed E-state index contributed by atoms with van der Waals surface area (Å²) in [6.45, 7) is 9.11. The van der Waals surface area contributed by atoms with Crippen molar-refractivity contribution in [2.45, 2.75) is 78.1 Å². The van der Waals surface area contributed by atoms with Crippen molar-refractivity contribution in [3.05, 3.63) is 47.8 Å². The zero-order valence-electron chi connectivity index (χ0n) is 23.1. The van der Waals surface area contributed by atoms with Crippen LogP contribution in [0, 0.1) is 5.41 Å². The highest BCUT2D eigenvalue weighted by atomic mass is 16.5. The average Bonchev–Trinajstić information content (AvgIpc) is 2.93. The predicted molar refractivity (Wildman–Crippen MR) is 147 cm³/mol. The number of aromatic nitrogens is 1. The molecule has 1 aromatic carbocycles. The Morgan fingerprint density at radius 3 is 2.59 bits per heavy atom. The molecule has 4 atom stereocenters. The first-order valence-electron chi connectivity index (χ1n) is 13.5. The first-order valence-corrected chi connectivity index (χ1v) is 13.5. The van der Waals surface area contributed by atoms with Crippen LogP contribution in [0.15, 0.2) is 36.5 Å². The molecule has 5 bridgehead atoms. The Kier molecular flexibility index (Phi) is 8.34. The van der Waals surface area contributed by atoms with Crippen LogP contribution in [0.25, 0.3) is 16.8 Å². The van der Waals surface area contributed by atoms with Crippen molar-refractivity contribution in [3.8, 4) is 0 Å². The fourth-order valence-corrected chi connectivity index (χ4v) is 4.64. The monoisotopic (exact) mass is 535 g/mol. The molecule has 0 saturated carbocycles. The van der Waals surface area contributed by atoms with Crippen molar-refractivity contribution in [2.24, 2.45) is 5.41 Å². The number of hydrazine groups is 1. The molecule has 208 valence electrons. The lowest BCUT2D eigenvalue weighted by Crippen LogP contribution is -2.60. The number of ether oxygens (including phenoxy) is 1. The highest BCUT2D eigenvalue weighted by Gasteiger charge is 2.34. The minimum Gasteiger partial charge on any atom is -0.457 e. The van der Waals surface area contributed by atoms with Crippen molar-refractivity contribution >= 4 is 40.5 Å². The molecule has 1 saturated heterocycles. The number of carbonyl (C=O) groups is 4. The molecule has 3 heterocycles. The van der Waals surface area contributed by atoms with Gasteiger partial charge in [0.05, 0.1) is 11.1 Å². The molecular weight excluding hydrogens is 498 g/mol. The third-order valence-electron chi connectivity index (χ3n) is 7.28. The van der Waals surface area contributed by atoms with Gasteiger partial charge in [-0.05, 0) is 76.1 Å². The molecule has 3 N–H and O–H groups in total. The van der Waals surface area contributed by atoms with Crippen molar-refractivity contribution in [2.75, 3.05) is 6.54 Å². The summed E-state index contributed by atoms with van der Waals surface area (Å²) in [5, 5.41) is 8.74. The fourth-order valence-electron chi connectivity index (χ4n) is 4.64. The predicted octanol–water partition coefficient (Wildman–Crippen LogP) is 2.79. The number of carbonyl (C=O) groups excluding carboxylic acids is 4. The summed E-state index contributed by atoms with van der Waals surface area (Å²) in [5.74, 6) is -1.59. The summed E-state index contributed by atoms with van der Waals surface area (Å²) in [4.78, 5) is 56.8. The molecule has 1 fully saturated rings. The van der Waals surface area contributed by atoms with Gasteiger partial charge in [-0.1, -0.05) is 25.1 Å². The lowest BCUT2D eigenvalue weighted by Gasteiger charge is -2.35. The van der Waals surface area contributed by atoms with Gasteiger partial charge in [0.15, 0.2) is 0 Å². The number of amides is 3. The topological polar surface area (TPSA) is 130 Å². The molecule has 3 amide bonds. The minimum absolute atomic E-state index is 0.321. The van der Waals surface area contributed by atoms with Crippen molar-refractivity contribution in [3.63, 3.8) is 0 Å². The SMILES string of the molecule is CC[C@@H]1NC(=O)C(C)(C)/C=C/c2cc3cc(ccc3cn2)[C@@H](C)OC(=O)[C@@H]2CCCN(N2)C(=O)[C@H](C)NC1=O. The summed E-state index contributed by atoms with van der Waals surface area (Å²) < 4.78 is 5.78. The van der Waals surface area contributed by atoms with E-state index in [1.165, 1.54) is 5.01 Å². The van der Waals surface area contributed by atoms with E-state index in [0.717, 1.165) is 16.3 Å². The maximum absolute atomic E-state index is 13.1. The van der Waals surface area contributed by atoms with Crippen LogP contribution in [0.5, 0.6) is 0 Å². The molecule has 1 aromatic heterocycles. The molecule has 0 aliphatic carbocycles. The van der Waals surface area contributed by atoms with Crippen LogP contribution < -0.4 is 16.1 Å². The highest BCUT2D eigenvalue weighted by Crippen LogP contribution is 2.25. The minimum atomic E-state index is -0.929. The maximum atomic E-state index is 13.1. The Bertz CT molecular complexity index is 1310. The molecule has 0 radical (unpaired) electrons. The number of hydrogen-bond acceptors (Lipinski definition) is 7. The van der Waals surface area contributed by atoms with E-state index in [2.05, 4.69) is 21.0 Å². The van der Waals surface area contributed by atoms with E-state index in [0.29, 0.717) is 31.5 Å². The van der Waals surface area contributed by atoms with E-state index in [1.807, 2.05) is 31.2 Å². The smallest absolute Gasteiger partial charge is 0.325 e. The van der Waals surface area contributed by atoms with Gasteiger partial charge >= 0.3 is 5.97 Å². The Morgan fingerprint density at radius 1 is 1.08 bits per heavy atom. The zero-order valence-corrected chi connectivity index (χ0v) is 23.1. The van der Waals surface area contributed by atoms with Crippen LogP contribution in [0.2, 0.25) is 0 Å². The molecule has 10 heteroatoms. The van der Waals surface area contributed by atoms with Gasteiger partial charge < -0.3 is 15.4 Å². The molecule has 39 heavy (non-hydrogen) atoms. The molecule has 2 aliphatic rings. The first kappa shape index (κ1) is 28.2.